The van der Waals surface area contributed by atoms with Crippen molar-refractivity contribution in [3.8, 4) is 0 Å². The first-order chi connectivity index (χ1) is 8.79. The first-order valence-electron chi connectivity index (χ1n) is 5.74. The molecule has 0 aliphatic carbocycles. The molecular weight excluding hydrogens is 250 g/mol. The molecule has 5 heteroatoms. The highest BCUT2D eigenvalue weighted by molar-refractivity contribution is 7.07. The Kier molecular flexibility index (Phi) is 4.55. The number of carbonyl (C=O) groups excluding carboxylic acids is 1. The molecule has 2 aromatic rings. The number of furan rings is 1. The number of rotatable bonds is 6. The van der Waals surface area contributed by atoms with E-state index in [1.54, 1.807) is 23.5 Å². The van der Waals surface area contributed by atoms with E-state index >= 15 is 0 Å². The van der Waals surface area contributed by atoms with E-state index in [0.29, 0.717) is 18.6 Å². The van der Waals surface area contributed by atoms with Crippen LogP contribution < -0.4 is 5.32 Å². The van der Waals surface area contributed by atoms with E-state index < -0.39 is 6.04 Å². The van der Waals surface area contributed by atoms with E-state index in [2.05, 4.69) is 5.32 Å². The van der Waals surface area contributed by atoms with Gasteiger partial charge in [0.05, 0.1) is 12.9 Å². The zero-order chi connectivity index (χ0) is 12.8. The van der Waals surface area contributed by atoms with Crippen molar-refractivity contribution in [2.24, 2.45) is 0 Å². The van der Waals surface area contributed by atoms with Gasteiger partial charge in [0, 0.05) is 6.42 Å². The van der Waals surface area contributed by atoms with E-state index in [1.807, 2.05) is 16.8 Å². The molecule has 2 aromatic heterocycles. The van der Waals surface area contributed by atoms with Gasteiger partial charge < -0.3 is 14.8 Å². The molecule has 2 heterocycles. The van der Waals surface area contributed by atoms with Gasteiger partial charge in [0.25, 0.3) is 0 Å². The second-order valence-corrected chi connectivity index (χ2v) is 4.73. The van der Waals surface area contributed by atoms with Crippen molar-refractivity contribution >= 4 is 17.2 Å². The molecule has 0 aromatic carbocycles. The van der Waals surface area contributed by atoms with Crippen molar-refractivity contribution in [2.45, 2.75) is 18.9 Å². The Labute approximate surface area is 109 Å². The molecule has 1 amide bonds. The maximum atomic E-state index is 11.7. The van der Waals surface area contributed by atoms with Crippen LogP contribution in [0.1, 0.15) is 23.8 Å². The molecule has 2 N–H and O–H groups in total. The summed E-state index contributed by atoms with van der Waals surface area (Å²) in [5.74, 6) is 0.484. The summed E-state index contributed by atoms with van der Waals surface area (Å²) in [6, 6.07) is 5.01. The molecule has 0 saturated carbocycles. The molecule has 0 aliphatic rings. The Morgan fingerprint density at radius 1 is 1.50 bits per heavy atom. The Bertz CT molecular complexity index is 464. The fourth-order valence-electron chi connectivity index (χ4n) is 1.66. The summed E-state index contributed by atoms with van der Waals surface area (Å²) < 4.78 is 5.16. The smallest absolute Gasteiger partial charge is 0.220 e. The van der Waals surface area contributed by atoms with Crippen LogP contribution in [-0.2, 0) is 11.2 Å². The van der Waals surface area contributed by atoms with Gasteiger partial charge in [-0.3, -0.25) is 4.79 Å². The average Bonchev–Trinajstić information content (AvgIpc) is 3.05. The molecule has 2 rings (SSSR count). The zero-order valence-electron chi connectivity index (χ0n) is 9.83. The van der Waals surface area contributed by atoms with Gasteiger partial charge in [0.2, 0.25) is 5.91 Å². The van der Waals surface area contributed by atoms with Gasteiger partial charge >= 0.3 is 0 Å². The van der Waals surface area contributed by atoms with Gasteiger partial charge in [-0.1, -0.05) is 0 Å². The lowest BCUT2D eigenvalue weighted by molar-refractivity contribution is -0.122. The molecule has 18 heavy (non-hydrogen) atoms. The minimum Gasteiger partial charge on any atom is -0.467 e. The van der Waals surface area contributed by atoms with E-state index in [-0.39, 0.29) is 12.5 Å². The van der Waals surface area contributed by atoms with Crippen LogP contribution in [0.15, 0.2) is 39.6 Å². The lowest BCUT2D eigenvalue weighted by Crippen LogP contribution is -2.30. The predicted molar refractivity (Wildman–Crippen MR) is 69.3 cm³/mol. The number of amides is 1. The lowest BCUT2D eigenvalue weighted by Gasteiger charge is -2.13. The summed E-state index contributed by atoms with van der Waals surface area (Å²) in [6.45, 7) is -0.169. The summed E-state index contributed by atoms with van der Waals surface area (Å²) in [6.07, 6.45) is 2.65. The van der Waals surface area contributed by atoms with E-state index in [0.717, 1.165) is 5.56 Å². The quantitative estimate of drug-likeness (QED) is 0.841. The molecule has 1 unspecified atom stereocenters. The van der Waals surface area contributed by atoms with Crippen molar-refractivity contribution in [1.82, 2.24) is 5.32 Å². The van der Waals surface area contributed by atoms with Gasteiger partial charge in [-0.15, -0.1) is 0 Å². The monoisotopic (exact) mass is 265 g/mol. The standard InChI is InChI=1S/C13H15NO3S/c15-8-11(12-2-1-6-17-12)14-13(16)4-3-10-5-7-18-9-10/h1-2,5-7,9,11,15H,3-4,8H2,(H,14,16). The number of carbonyl (C=O) groups is 1. The first-order valence-corrected chi connectivity index (χ1v) is 6.68. The van der Waals surface area contributed by atoms with Crippen LogP contribution >= 0.6 is 11.3 Å². The molecule has 4 nitrogen and oxygen atoms in total. The fraction of sp³-hybridized carbons (Fsp3) is 0.308. The summed E-state index contributed by atoms with van der Waals surface area (Å²) in [5, 5.41) is 16.0. The first kappa shape index (κ1) is 12.9. The van der Waals surface area contributed by atoms with Crippen molar-refractivity contribution in [3.05, 3.63) is 46.5 Å². The average molecular weight is 265 g/mol. The van der Waals surface area contributed by atoms with Crippen molar-refractivity contribution in [2.75, 3.05) is 6.61 Å². The maximum Gasteiger partial charge on any atom is 0.220 e. The van der Waals surface area contributed by atoms with Gasteiger partial charge in [-0.05, 0) is 40.9 Å². The molecule has 0 spiro atoms. The van der Waals surface area contributed by atoms with Crippen molar-refractivity contribution < 1.29 is 14.3 Å². The van der Waals surface area contributed by atoms with E-state index in [9.17, 15) is 9.90 Å². The van der Waals surface area contributed by atoms with E-state index in [1.165, 1.54) is 6.26 Å². The maximum absolute atomic E-state index is 11.7. The minimum absolute atomic E-state index is 0.0864. The number of hydrogen-bond acceptors (Lipinski definition) is 4. The van der Waals surface area contributed by atoms with Crippen LogP contribution in [-0.4, -0.2) is 17.6 Å². The Morgan fingerprint density at radius 2 is 2.39 bits per heavy atom. The summed E-state index contributed by atoms with van der Waals surface area (Å²) in [5.41, 5.74) is 1.16. The molecule has 0 fully saturated rings. The predicted octanol–water partition coefficient (Wildman–Crippen LogP) is 2.12. The van der Waals surface area contributed by atoms with Gasteiger partial charge in [0.15, 0.2) is 0 Å². The third kappa shape index (κ3) is 3.45. The number of nitrogens with one attached hydrogen (secondary N) is 1. The number of aryl methyl sites for hydroxylation is 1. The summed E-state index contributed by atoms with van der Waals surface area (Å²) in [7, 11) is 0. The minimum atomic E-state index is -0.463. The number of aliphatic hydroxyl groups is 1. The summed E-state index contributed by atoms with van der Waals surface area (Å²) in [4.78, 5) is 11.7. The van der Waals surface area contributed by atoms with Crippen LogP contribution in [0.4, 0.5) is 0 Å². The summed E-state index contributed by atoms with van der Waals surface area (Å²) >= 11 is 1.62. The molecule has 1 atom stereocenters. The van der Waals surface area contributed by atoms with Crippen LogP contribution in [0.5, 0.6) is 0 Å². The highest BCUT2D eigenvalue weighted by Crippen LogP contribution is 2.13. The SMILES string of the molecule is O=C(CCc1ccsc1)NC(CO)c1ccco1. The third-order valence-electron chi connectivity index (χ3n) is 2.63. The van der Waals surface area contributed by atoms with Crippen LogP contribution in [0.25, 0.3) is 0 Å². The van der Waals surface area contributed by atoms with Gasteiger partial charge in [0.1, 0.15) is 11.8 Å². The van der Waals surface area contributed by atoms with Gasteiger partial charge in [-0.2, -0.15) is 11.3 Å². The third-order valence-corrected chi connectivity index (χ3v) is 3.36. The topological polar surface area (TPSA) is 62.5 Å². The lowest BCUT2D eigenvalue weighted by atomic mass is 10.1. The van der Waals surface area contributed by atoms with Gasteiger partial charge in [-0.25, -0.2) is 0 Å². The Morgan fingerprint density at radius 3 is 3.00 bits per heavy atom. The number of thiophene rings is 1. The fourth-order valence-corrected chi connectivity index (χ4v) is 2.36. The zero-order valence-corrected chi connectivity index (χ0v) is 10.7. The van der Waals surface area contributed by atoms with Crippen molar-refractivity contribution in [3.63, 3.8) is 0 Å². The Balaban J connectivity index is 1.82. The molecular formula is C13H15NO3S. The second-order valence-electron chi connectivity index (χ2n) is 3.95. The second kappa shape index (κ2) is 6.37. The Hall–Kier alpha value is -1.59. The molecule has 0 radical (unpaired) electrons. The van der Waals surface area contributed by atoms with Crippen LogP contribution in [0, 0.1) is 0 Å². The molecule has 96 valence electrons. The van der Waals surface area contributed by atoms with Crippen LogP contribution in [0.3, 0.4) is 0 Å². The molecule has 0 saturated heterocycles. The number of hydrogen-bond donors (Lipinski definition) is 2. The molecule has 0 bridgehead atoms. The normalized spacial score (nSPS) is 12.3. The molecule has 0 aliphatic heterocycles. The van der Waals surface area contributed by atoms with Crippen LogP contribution in [0.2, 0.25) is 0 Å². The highest BCUT2D eigenvalue weighted by atomic mass is 32.1. The highest BCUT2D eigenvalue weighted by Gasteiger charge is 2.15. The largest absolute Gasteiger partial charge is 0.467 e. The van der Waals surface area contributed by atoms with E-state index in [4.69, 9.17) is 4.42 Å². The van der Waals surface area contributed by atoms with Crippen molar-refractivity contribution in [1.29, 1.82) is 0 Å². The number of aliphatic hydroxyl groups excluding tert-OH is 1.